The number of piperidine rings is 1. The third-order valence-electron chi connectivity index (χ3n) is 3.96. The Morgan fingerprint density at radius 3 is 2.81 bits per heavy atom. The van der Waals surface area contributed by atoms with Gasteiger partial charge in [-0.3, -0.25) is 4.79 Å². The lowest BCUT2D eigenvalue weighted by atomic mass is 9.97. The van der Waals surface area contributed by atoms with E-state index in [1.54, 1.807) is 18.2 Å². The van der Waals surface area contributed by atoms with Gasteiger partial charge in [-0.1, -0.05) is 12.1 Å². The third kappa shape index (κ3) is 4.39. The van der Waals surface area contributed by atoms with Crippen LogP contribution >= 0.6 is 0 Å². The second-order valence-corrected chi connectivity index (χ2v) is 5.68. The molecule has 0 aliphatic carbocycles. The highest BCUT2D eigenvalue weighted by Crippen LogP contribution is 2.18. The summed E-state index contributed by atoms with van der Waals surface area (Å²) in [4.78, 5) is 14.3. The monoisotopic (exact) mass is 290 g/mol. The molecule has 1 aromatic carbocycles. The largest absolute Gasteiger partial charge is 0.339 e. The molecule has 1 amide bonds. The molecule has 0 aromatic heterocycles. The van der Waals surface area contributed by atoms with Crippen molar-refractivity contribution in [2.75, 3.05) is 26.7 Å². The van der Waals surface area contributed by atoms with Crippen LogP contribution in [0.5, 0.6) is 0 Å². The van der Waals surface area contributed by atoms with Gasteiger partial charge >= 0.3 is 0 Å². The highest BCUT2D eigenvalue weighted by atomic mass is 19.1. The van der Waals surface area contributed by atoms with Crippen molar-refractivity contribution in [1.82, 2.24) is 10.2 Å². The number of likely N-dealkylation sites (tertiary alicyclic amines) is 1. The normalized spacial score (nSPS) is 19.7. The molecule has 0 spiro atoms. The van der Waals surface area contributed by atoms with Crippen LogP contribution in [0.2, 0.25) is 0 Å². The Morgan fingerprint density at radius 2 is 2.14 bits per heavy atom. The van der Waals surface area contributed by atoms with E-state index in [0.29, 0.717) is 5.92 Å². The number of halogens is 1. The van der Waals surface area contributed by atoms with Gasteiger partial charge in [0.05, 0.1) is 0 Å². The van der Waals surface area contributed by atoms with Crippen molar-refractivity contribution in [2.45, 2.75) is 19.8 Å². The van der Waals surface area contributed by atoms with Crippen LogP contribution < -0.4 is 5.32 Å². The molecule has 0 bridgehead atoms. The summed E-state index contributed by atoms with van der Waals surface area (Å²) in [6.07, 6.45) is 3.89. The van der Waals surface area contributed by atoms with Crippen LogP contribution in [0.25, 0.3) is 5.57 Å². The zero-order valence-corrected chi connectivity index (χ0v) is 12.7. The zero-order valence-electron chi connectivity index (χ0n) is 12.7. The minimum atomic E-state index is -0.260. The fraction of sp³-hybridized carbons (Fsp3) is 0.471. The summed E-state index contributed by atoms with van der Waals surface area (Å²) in [7, 11) is 1.94. The zero-order chi connectivity index (χ0) is 15.2. The van der Waals surface area contributed by atoms with E-state index in [9.17, 15) is 9.18 Å². The fourth-order valence-electron chi connectivity index (χ4n) is 2.79. The molecule has 114 valence electrons. The molecular formula is C17H23FN2O. The highest BCUT2D eigenvalue weighted by Gasteiger charge is 2.22. The van der Waals surface area contributed by atoms with Crippen LogP contribution in [0.15, 0.2) is 30.3 Å². The number of benzene rings is 1. The van der Waals surface area contributed by atoms with E-state index in [-0.39, 0.29) is 11.7 Å². The maximum atomic E-state index is 12.9. The average Bonchev–Trinajstić information content (AvgIpc) is 2.48. The van der Waals surface area contributed by atoms with E-state index in [0.717, 1.165) is 37.2 Å². The average molecular weight is 290 g/mol. The van der Waals surface area contributed by atoms with E-state index >= 15 is 0 Å². The van der Waals surface area contributed by atoms with Crippen LogP contribution in [-0.2, 0) is 4.79 Å². The van der Waals surface area contributed by atoms with E-state index in [4.69, 9.17) is 0 Å². The molecule has 1 aromatic rings. The molecule has 1 heterocycles. The maximum absolute atomic E-state index is 12.9. The number of hydrogen-bond donors (Lipinski definition) is 1. The SMILES string of the molecule is CNCC1CCCN(C(=O)/C=C(/C)c2ccc(F)cc2)C1. The molecule has 1 aliphatic rings. The lowest BCUT2D eigenvalue weighted by molar-refractivity contribution is -0.127. The van der Waals surface area contributed by atoms with Crippen molar-refractivity contribution >= 4 is 11.5 Å². The first-order valence-corrected chi connectivity index (χ1v) is 7.48. The number of rotatable bonds is 4. The van der Waals surface area contributed by atoms with E-state index in [2.05, 4.69) is 5.32 Å². The van der Waals surface area contributed by atoms with Gasteiger partial charge in [-0.25, -0.2) is 4.39 Å². The summed E-state index contributed by atoms with van der Waals surface area (Å²) in [5, 5.41) is 3.18. The van der Waals surface area contributed by atoms with Gasteiger partial charge in [-0.15, -0.1) is 0 Å². The summed E-state index contributed by atoms with van der Waals surface area (Å²) < 4.78 is 12.9. The summed E-state index contributed by atoms with van der Waals surface area (Å²) in [6, 6.07) is 6.24. The van der Waals surface area contributed by atoms with Crippen LogP contribution in [0.4, 0.5) is 4.39 Å². The summed E-state index contributed by atoms with van der Waals surface area (Å²) in [5.74, 6) is 0.327. The van der Waals surface area contributed by atoms with Crippen molar-refractivity contribution in [1.29, 1.82) is 0 Å². The molecule has 1 atom stereocenters. The predicted octanol–water partition coefficient (Wildman–Crippen LogP) is 2.69. The van der Waals surface area contributed by atoms with Gasteiger partial charge in [0.1, 0.15) is 5.82 Å². The number of amides is 1. The number of hydrogen-bond acceptors (Lipinski definition) is 2. The lowest BCUT2D eigenvalue weighted by Crippen LogP contribution is -2.41. The number of allylic oxidation sites excluding steroid dienone is 1. The topological polar surface area (TPSA) is 32.3 Å². The predicted molar refractivity (Wildman–Crippen MR) is 83.3 cm³/mol. The first kappa shape index (κ1) is 15.7. The standard InChI is InChI=1S/C17H23FN2O/c1-13(15-5-7-16(18)8-6-15)10-17(21)20-9-3-4-14(12-20)11-19-2/h5-8,10,14,19H,3-4,9,11-12H2,1-2H3/b13-10-. The second-order valence-electron chi connectivity index (χ2n) is 5.68. The van der Waals surface area contributed by atoms with Crippen molar-refractivity contribution in [3.63, 3.8) is 0 Å². The number of nitrogens with one attached hydrogen (secondary N) is 1. The Kier molecular flexibility index (Phi) is 5.51. The minimum Gasteiger partial charge on any atom is -0.339 e. The molecule has 21 heavy (non-hydrogen) atoms. The Labute approximate surface area is 125 Å². The fourth-order valence-corrected chi connectivity index (χ4v) is 2.79. The molecule has 1 aliphatic heterocycles. The number of carbonyl (C=O) groups is 1. The van der Waals surface area contributed by atoms with Crippen LogP contribution in [0.3, 0.4) is 0 Å². The third-order valence-corrected chi connectivity index (χ3v) is 3.96. The Morgan fingerprint density at radius 1 is 1.43 bits per heavy atom. The second kappa shape index (κ2) is 7.36. The Hall–Kier alpha value is -1.68. The molecule has 1 fully saturated rings. The van der Waals surface area contributed by atoms with Crippen molar-refractivity contribution in [3.05, 3.63) is 41.7 Å². The lowest BCUT2D eigenvalue weighted by Gasteiger charge is -2.32. The van der Waals surface area contributed by atoms with Gasteiger partial charge < -0.3 is 10.2 Å². The Bertz CT molecular complexity index is 508. The summed E-state index contributed by atoms with van der Waals surface area (Å²) in [5.41, 5.74) is 1.75. The molecule has 1 unspecified atom stereocenters. The van der Waals surface area contributed by atoms with Gasteiger partial charge in [-0.2, -0.15) is 0 Å². The molecule has 3 nitrogen and oxygen atoms in total. The maximum Gasteiger partial charge on any atom is 0.246 e. The molecule has 4 heteroatoms. The van der Waals surface area contributed by atoms with Gasteiger partial charge in [-0.05, 0) is 62.5 Å². The number of nitrogens with zero attached hydrogens (tertiary/aromatic N) is 1. The summed E-state index contributed by atoms with van der Waals surface area (Å²) >= 11 is 0. The van der Waals surface area contributed by atoms with Crippen LogP contribution in [0, 0.1) is 11.7 Å². The smallest absolute Gasteiger partial charge is 0.246 e. The van der Waals surface area contributed by atoms with Gasteiger partial charge in [0, 0.05) is 19.2 Å². The van der Waals surface area contributed by atoms with Crippen LogP contribution in [0.1, 0.15) is 25.3 Å². The molecule has 0 radical (unpaired) electrons. The quantitative estimate of drug-likeness (QED) is 0.865. The minimum absolute atomic E-state index is 0.0534. The van der Waals surface area contributed by atoms with Crippen molar-refractivity contribution in [3.8, 4) is 0 Å². The first-order valence-electron chi connectivity index (χ1n) is 7.48. The molecular weight excluding hydrogens is 267 g/mol. The number of carbonyl (C=O) groups excluding carboxylic acids is 1. The van der Waals surface area contributed by atoms with Gasteiger partial charge in [0.15, 0.2) is 0 Å². The van der Waals surface area contributed by atoms with Crippen molar-refractivity contribution in [2.24, 2.45) is 5.92 Å². The highest BCUT2D eigenvalue weighted by molar-refractivity contribution is 5.94. The van der Waals surface area contributed by atoms with E-state index < -0.39 is 0 Å². The van der Waals surface area contributed by atoms with Crippen LogP contribution in [-0.4, -0.2) is 37.5 Å². The molecule has 1 saturated heterocycles. The molecule has 1 N–H and O–H groups in total. The van der Waals surface area contributed by atoms with E-state index in [1.807, 2.05) is 18.9 Å². The first-order chi connectivity index (χ1) is 10.1. The molecule has 2 rings (SSSR count). The van der Waals surface area contributed by atoms with Gasteiger partial charge in [0.25, 0.3) is 0 Å². The van der Waals surface area contributed by atoms with Gasteiger partial charge in [0.2, 0.25) is 5.91 Å². The van der Waals surface area contributed by atoms with Crippen molar-refractivity contribution < 1.29 is 9.18 Å². The molecule has 0 saturated carbocycles. The summed E-state index contributed by atoms with van der Waals surface area (Å²) in [6.45, 7) is 4.48. The Balaban J connectivity index is 2.02. The van der Waals surface area contributed by atoms with E-state index in [1.165, 1.54) is 18.6 Å².